The number of carbonyl (C=O) groups is 1. The molecule has 0 aromatic carbocycles. The Labute approximate surface area is 73.5 Å². The summed E-state index contributed by atoms with van der Waals surface area (Å²) in [6.45, 7) is 0.609. The van der Waals surface area contributed by atoms with Gasteiger partial charge in [-0.1, -0.05) is 0 Å². The van der Waals surface area contributed by atoms with Gasteiger partial charge in [-0.3, -0.25) is 0 Å². The van der Waals surface area contributed by atoms with E-state index in [1.54, 1.807) is 7.11 Å². The lowest BCUT2D eigenvalue weighted by Gasteiger charge is -2.13. The van der Waals surface area contributed by atoms with Crippen molar-refractivity contribution in [3.05, 3.63) is 0 Å². The second-order valence-electron chi connectivity index (χ2n) is 2.16. The molecule has 0 bridgehead atoms. The van der Waals surface area contributed by atoms with Gasteiger partial charge >= 0.3 is 6.09 Å². The van der Waals surface area contributed by atoms with Gasteiger partial charge in [-0.05, 0) is 0 Å². The molecular weight excluding hydrogens is 162 g/mol. The van der Waals surface area contributed by atoms with Gasteiger partial charge in [0.1, 0.15) is 12.7 Å². The van der Waals surface area contributed by atoms with Crippen LogP contribution >= 0.6 is 0 Å². The van der Waals surface area contributed by atoms with Crippen molar-refractivity contribution >= 4 is 6.09 Å². The normalized spacial score (nSPS) is 12.2. The van der Waals surface area contributed by atoms with E-state index in [0.29, 0.717) is 6.61 Å². The first-order valence-electron chi connectivity index (χ1n) is 3.60. The predicted molar refractivity (Wildman–Crippen MR) is 45.2 cm³/mol. The Hall–Kier alpha value is -0.810. The highest BCUT2D eigenvalue weighted by Crippen LogP contribution is 1.92. The van der Waals surface area contributed by atoms with E-state index in [-0.39, 0.29) is 14.1 Å². The van der Waals surface area contributed by atoms with Gasteiger partial charge in [0.2, 0.25) is 0 Å². The summed E-state index contributed by atoms with van der Waals surface area (Å²) in [6.07, 6.45) is -0.666. The average molecular weight is 179 g/mol. The van der Waals surface area contributed by atoms with Crippen LogP contribution in [0.3, 0.4) is 0 Å². The monoisotopic (exact) mass is 179 g/mol. The summed E-state index contributed by atoms with van der Waals surface area (Å²) in [5.74, 6) is 0. The number of hydrogen-bond acceptors (Lipinski definition) is 4. The molecule has 0 aromatic heterocycles. The van der Waals surface area contributed by atoms with Crippen molar-refractivity contribution in [2.24, 2.45) is 0 Å². The Bertz CT molecular complexity index is 134. The molecule has 1 unspecified atom stereocenters. The van der Waals surface area contributed by atoms with E-state index in [9.17, 15) is 4.79 Å². The third kappa shape index (κ3) is 4.92. The first kappa shape index (κ1) is 11.2. The quantitative estimate of drug-likeness (QED) is 0.657. The lowest BCUT2D eigenvalue weighted by molar-refractivity contribution is -0.0109. The number of hydrogen-bond donors (Lipinski definition) is 1. The van der Waals surface area contributed by atoms with Gasteiger partial charge < -0.3 is 19.5 Å². The molecule has 74 valence electrons. The number of amides is 1. The smallest absolute Gasteiger partial charge is 0.406 e. The lowest BCUT2D eigenvalue weighted by atomic mass is 10.4. The van der Waals surface area contributed by atoms with Crippen LogP contribution in [0.4, 0.5) is 4.79 Å². The standard InChI is InChI=1S/C7H15NO4.H2/c1-8-7(9)12-5-6(11-3)4-10-2;/h6H,4-5H2,1-3H3,(H,8,9);1H. The molecule has 5 heteroatoms. The fourth-order valence-electron chi connectivity index (χ4n) is 0.611. The van der Waals surface area contributed by atoms with Gasteiger partial charge in [-0.15, -0.1) is 0 Å². The summed E-state index contributed by atoms with van der Waals surface area (Å²) in [7, 11) is 4.60. The maximum absolute atomic E-state index is 10.6. The second-order valence-corrected chi connectivity index (χ2v) is 2.16. The Morgan fingerprint density at radius 3 is 2.58 bits per heavy atom. The Balaban J connectivity index is 0. The number of methoxy groups -OCH3 is 2. The van der Waals surface area contributed by atoms with Crippen LogP contribution in [0.1, 0.15) is 1.43 Å². The summed E-state index contributed by atoms with van der Waals surface area (Å²) in [5.41, 5.74) is 0. The minimum atomic E-state index is -0.465. The highest BCUT2D eigenvalue weighted by molar-refractivity contribution is 5.66. The summed E-state index contributed by atoms with van der Waals surface area (Å²) in [5, 5.41) is 2.33. The number of rotatable bonds is 5. The zero-order valence-electron chi connectivity index (χ0n) is 7.62. The summed E-state index contributed by atoms with van der Waals surface area (Å²) in [4.78, 5) is 10.6. The summed E-state index contributed by atoms with van der Waals surface area (Å²) < 4.78 is 14.5. The predicted octanol–water partition coefficient (Wildman–Crippen LogP) is 0.250. The fraction of sp³-hybridized carbons (Fsp3) is 0.857. The van der Waals surface area contributed by atoms with E-state index < -0.39 is 6.09 Å². The molecule has 0 heterocycles. The Kier molecular flexibility index (Phi) is 6.41. The highest BCUT2D eigenvalue weighted by Gasteiger charge is 2.08. The van der Waals surface area contributed by atoms with Crippen molar-refractivity contribution in [3.8, 4) is 0 Å². The fourth-order valence-corrected chi connectivity index (χ4v) is 0.611. The molecule has 0 aliphatic heterocycles. The van der Waals surface area contributed by atoms with Crippen LogP contribution in [0.15, 0.2) is 0 Å². The van der Waals surface area contributed by atoms with Crippen LogP contribution in [-0.4, -0.2) is 46.7 Å². The van der Waals surface area contributed by atoms with Gasteiger partial charge in [0.25, 0.3) is 0 Å². The molecule has 1 amide bonds. The maximum atomic E-state index is 10.6. The van der Waals surface area contributed by atoms with Gasteiger partial charge in [0, 0.05) is 22.7 Å². The molecular formula is C7H17NO4. The van der Waals surface area contributed by atoms with Gasteiger partial charge in [0.05, 0.1) is 6.61 Å². The minimum Gasteiger partial charge on any atom is -0.447 e. The molecule has 0 spiro atoms. The molecule has 0 saturated heterocycles. The van der Waals surface area contributed by atoms with E-state index >= 15 is 0 Å². The number of alkyl carbamates (subject to hydrolysis) is 1. The van der Waals surface area contributed by atoms with Crippen molar-refractivity contribution in [3.63, 3.8) is 0 Å². The summed E-state index contributed by atoms with van der Waals surface area (Å²) in [6, 6.07) is 0. The molecule has 0 fully saturated rings. The van der Waals surface area contributed by atoms with Crippen molar-refractivity contribution in [1.29, 1.82) is 0 Å². The molecule has 1 N–H and O–H groups in total. The van der Waals surface area contributed by atoms with Crippen molar-refractivity contribution in [1.82, 2.24) is 5.32 Å². The first-order chi connectivity index (χ1) is 5.74. The first-order valence-corrected chi connectivity index (χ1v) is 3.60. The van der Waals surface area contributed by atoms with E-state index in [0.717, 1.165) is 0 Å². The van der Waals surface area contributed by atoms with Crippen LogP contribution in [0.25, 0.3) is 0 Å². The van der Waals surface area contributed by atoms with E-state index in [1.807, 2.05) is 0 Å². The molecule has 0 aliphatic rings. The van der Waals surface area contributed by atoms with E-state index in [2.05, 4.69) is 5.32 Å². The minimum absolute atomic E-state index is 0. The Morgan fingerprint density at radius 2 is 2.17 bits per heavy atom. The van der Waals surface area contributed by atoms with Crippen LogP contribution in [0, 0.1) is 0 Å². The average Bonchev–Trinajstić information content (AvgIpc) is 2.11. The maximum Gasteiger partial charge on any atom is 0.406 e. The molecule has 5 nitrogen and oxygen atoms in total. The summed E-state index contributed by atoms with van der Waals surface area (Å²) >= 11 is 0. The molecule has 0 radical (unpaired) electrons. The number of nitrogens with one attached hydrogen (secondary N) is 1. The van der Waals surface area contributed by atoms with Crippen LogP contribution in [-0.2, 0) is 14.2 Å². The molecule has 0 aliphatic carbocycles. The van der Waals surface area contributed by atoms with Crippen molar-refractivity contribution < 1.29 is 20.4 Å². The van der Waals surface area contributed by atoms with Crippen molar-refractivity contribution in [2.45, 2.75) is 6.10 Å². The molecule has 0 rings (SSSR count). The van der Waals surface area contributed by atoms with Gasteiger partial charge in [0.15, 0.2) is 0 Å². The molecule has 0 aromatic rings. The van der Waals surface area contributed by atoms with E-state index in [1.165, 1.54) is 14.2 Å². The third-order valence-corrected chi connectivity index (χ3v) is 1.29. The zero-order chi connectivity index (χ0) is 9.40. The van der Waals surface area contributed by atoms with Crippen LogP contribution in [0.2, 0.25) is 0 Å². The lowest BCUT2D eigenvalue weighted by Crippen LogP contribution is -2.28. The van der Waals surface area contributed by atoms with Gasteiger partial charge in [-0.25, -0.2) is 4.79 Å². The van der Waals surface area contributed by atoms with Gasteiger partial charge in [-0.2, -0.15) is 0 Å². The van der Waals surface area contributed by atoms with Crippen molar-refractivity contribution in [2.75, 3.05) is 34.5 Å². The molecule has 1 atom stereocenters. The SMILES string of the molecule is CNC(=O)OCC(COC)OC.[HH]. The number of ether oxygens (including phenoxy) is 3. The topological polar surface area (TPSA) is 56.8 Å². The second kappa shape index (κ2) is 6.87. The Morgan fingerprint density at radius 1 is 1.50 bits per heavy atom. The highest BCUT2D eigenvalue weighted by atomic mass is 16.6. The van der Waals surface area contributed by atoms with E-state index in [4.69, 9.17) is 14.2 Å². The van der Waals surface area contributed by atoms with Crippen LogP contribution < -0.4 is 5.32 Å². The zero-order valence-corrected chi connectivity index (χ0v) is 7.62. The van der Waals surface area contributed by atoms with Crippen LogP contribution in [0.5, 0.6) is 0 Å². The molecule has 0 saturated carbocycles. The third-order valence-electron chi connectivity index (χ3n) is 1.29. The number of carbonyl (C=O) groups excluding carboxylic acids is 1. The largest absolute Gasteiger partial charge is 0.447 e. The molecule has 12 heavy (non-hydrogen) atoms.